The molecule has 2 heterocycles. The minimum Gasteiger partial charge on any atom is -0.502 e. The topological polar surface area (TPSA) is 135 Å². The Bertz CT molecular complexity index is 951. The molecule has 2 aromatic rings. The van der Waals surface area contributed by atoms with Gasteiger partial charge in [0.2, 0.25) is 17.1 Å². The van der Waals surface area contributed by atoms with Crippen LogP contribution in [0.25, 0.3) is 0 Å². The smallest absolute Gasteiger partial charge is 0.227 e. The van der Waals surface area contributed by atoms with Crippen LogP contribution in [0.3, 0.4) is 0 Å². The van der Waals surface area contributed by atoms with Gasteiger partial charge in [-0.2, -0.15) is 0 Å². The van der Waals surface area contributed by atoms with Gasteiger partial charge < -0.3 is 29.8 Å². The van der Waals surface area contributed by atoms with Gasteiger partial charge in [0.15, 0.2) is 5.76 Å². The molecule has 1 aliphatic rings. The molecule has 0 bridgehead atoms. The van der Waals surface area contributed by atoms with Gasteiger partial charge in [0.05, 0.1) is 39.4 Å². The maximum Gasteiger partial charge on any atom is 0.227 e. The average Bonchev–Trinajstić information content (AvgIpc) is 2.74. The molecule has 0 saturated carbocycles. The number of rotatable bonds is 8. The summed E-state index contributed by atoms with van der Waals surface area (Å²) in [7, 11) is 1.48. The quantitative estimate of drug-likeness (QED) is 0.570. The Balaban J connectivity index is 2.03. The highest BCUT2D eigenvalue weighted by Gasteiger charge is 2.26. The normalized spacial score (nSPS) is 15.7. The van der Waals surface area contributed by atoms with E-state index in [9.17, 15) is 19.8 Å². The Morgan fingerprint density at radius 3 is 2.67 bits per heavy atom. The number of methoxy groups -OCH3 is 1. The van der Waals surface area contributed by atoms with Crippen molar-refractivity contribution < 1.29 is 28.9 Å². The lowest BCUT2D eigenvalue weighted by molar-refractivity contribution is -0.118. The van der Waals surface area contributed by atoms with Crippen molar-refractivity contribution in [2.24, 2.45) is 5.73 Å². The molecule has 9 nitrogen and oxygen atoms in total. The molecule has 1 aliphatic heterocycles. The van der Waals surface area contributed by atoms with Crippen LogP contribution < -0.4 is 15.9 Å². The molecule has 3 rings (SSSR count). The van der Waals surface area contributed by atoms with Crippen LogP contribution in [0.1, 0.15) is 35.0 Å². The second-order valence-corrected chi connectivity index (χ2v) is 7.13. The molecule has 0 spiro atoms. The SMILES string of the molecule is COc1ccc([C@@H](CC(N)=O)c2oc(CN3CCOCC3)cc(=O)c2O)cc1CO. The van der Waals surface area contributed by atoms with E-state index in [4.69, 9.17) is 19.6 Å². The lowest BCUT2D eigenvalue weighted by Gasteiger charge is -2.26. The van der Waals surface area contributed by atoms with Gasteiger partial charge in [-0.05, 0) is 17.7 Å². The Morgan fingerprint density at radius 1 is 1.30 bits per heavy atom. The van der Waals surface area contributed by atoms with E-state index in [1.807, 2.05) is 0 Å². The largest absolute Gasteiger partial charge is 0.502 e. The van der Waals surface area contributed by atoms with Gasteiger partial charge in [0.1, 0.15) is 11.5 Å². The van der Waals surface area contributed by atoms with Crippen molar-refractivity contribution in [2.45, 2.75) is 25.5 Å². The number of aliphatic hydroxyl groups is 1. The number of carbonyl (C=O) groups excluding carboxylic acids is 1. The van der Waals surface area contributed by atoms with Crippen molar-refractivity contribution in [1.29, 1.82) is 0 Å². The van der Waals surface area contributed by atoms with Crippen molar-refractivity contribution in [3.8, 4) is 11.5 Å². The third kappa shape index (κ3) is 4.99. The van der Waals surface area contributed by atoms with E-state index >= 15 is 0 Å². The molecule has 1 aromatic heterocycles. The van der Waals surface area contributed by atoms with Crippen molar-refractivity contribution in [1.82, 2.24) is 4.90 Å². The molecule has 1 saturated heterocycles. The minimum atomic E-state index is -0.795. The number of carbonyl (C=O) groups is 1. The third-order valence-corrected chi connectivity index (χ3v) is 5.08. The van der Waals surface area contributed by atoms with E-state index in [1.165, 1.54) is 13.2 Å². The number of aromatic hydroxyl groups is 1. The molecular formula is C21H26N2O7. The highest BCUT2D eigenvalue weighted by Crippen LogP contribution is 2.35. The van der Waals surface area contributed by atoms with E-state index in [0.717, 1.165) is 0 Å². The van der Waals surface area contributed by atoms with Gasteiger partial charge in [-0.1, -0.05) is 6.07 Å². The highest BCUT2D eigenvalue weighted by atomic mass is 16.5. The zero-order valence-electron chi connectivity index (χ0n) is 16.8. The Labute approximate surface area is 173 Å². The summed E-state index contributed by atoms with van der Waals surface area (Å²) in [4.78, 5) is 26.2. The Hall–Kier alpha value is -2.88. The number of nitrogens with zero attached hydrogens (tertiary/aromatic N) is 1. The first-order chi connectivity index (χ1) is 14.4. The van der Waals surface area contributed by atoms with Crippen LogP contribution in [0, 0.1) is 0 Å². The van der Waals surface area contributed by atoms with Gasteiger partial charge in [-0.25, -0.2) is 0 Å². The van der Waals surface area contributed by atoms with Crippen LogP contribution in [0.15, 0.2) is 33.5 Å². The molecule has 9 heteroatoms. The van der Waals surface area contributed by atoms with E-state index in [-0.39, 0.29) is 18.8 Å². The summed E-state index contributed by atoms with van der Waals surface area (Å²) in [5, 5.41) is 20.1. The number of hydrogen-bond donors (Lipinski definition) is 3. The lowest BCUT2D eigenvalue weighted by atomic mass is 9.90. The Kier molecular flexibility index (Phi) is 7.09. The fraction of sp³-hybridized carbons (Fsp3) is 0.429. The standard InChI is InChI=1S/C21H26N2O7/c1-28-18-3-2-13(8-14(18)12-24)16(10-19(22)26)21-20(27)17(25)9-15(30-21)11-23-4-6-29-7-5-23/h2-3,8-9,16,24,27H,4-7,10-12H2,1H3,(H2,22,26)/t16-/m1/s1. The van der Waals surface area contributed by atoms with Gasteiger partial charge in [-0.15, -0.1) is 0 Å². The van der Waals surface area contributed by atoms with Gasteiger partial charge in [-0.3, -0.25) is 14.5 Å². The first-order valence-corrected chi connectivity index (χ1v) is 9.65. The number of hydrogen-bond acceptors (Lipinski definition) is 8. The van der Waals surface area contributed by atoms with Crippen molar-refractivity contribution in [3.05, 3.63) is 57.1 Å². The third-order valence-electron chi connectivity index (χ3n) is 5.08. The van der Waals surface area contributed by atoms with Gasteiger partial charge in [0, 0.05) is 31.1 Å². The maximum atomic E-state index is 12.4. The predicted molar refractivity (Wildman–Crippen MR) is 107 cm³/mol. The number of primary amides is 1. The van der Waals surface area contributed by atoms with Crippen LogP contribution in [0.5, 0.6) is 11.5 Å². The number of morpholine rings is 1. The van der Waals surface area contributed by atoms with Crippen molar-refractivity contribution >= 4 is 5.91 Å². The summed E-state index contributed by atoms with van der Waals surface area (Å²) >= 11 is 0. The number of nitrogens with two attached hydrogens (primary N) is 1. The second-order valence-electron chi connectivity index (χ2n) is 7.13. The zero-order chi connectivity index (χ0) is 21.7. The monoisotopic (exact) mass is 418 g/mol. The number of ether oxygens (including phenoxy) is 2. The molecule has 1 aromatic carbocycles. The van der Waals surface area contributed by atoms with Crippen molar-refractivity contribution in [3.63, 3.8) is 0 Å². The van der Waals surface area contributed by atoms with E-state index < -0.39 is 23.0 Å². The second kappa shape index (κ2) is 9.75. The van der Waals surface area contributed by atoms with Crippen LogP contribution in [-0.4, -0.2) is 54.4 Å². The molecule has 1 atom stereocenters. The average molecular weight is 418 g/mol. The van der Waals surface area contributed by atoms with Gasteiger partial charge >= 0.3 is 0 Å². The molecule has 30 heavy (non-hydrogen) atoms. The fourth-order valence-corrected chi connectivity index (χ4v) is 3.55. The molecule has 0 unspecified atom stereocenters. The predicted octanol–water partition coefficient (Wildman–Crippen LogP) is 0.686. The molecular weight excluding hydrogens is 392 g/mol. The fourth-order valence-electron chi connectivity index (χ4n) is 3.55. The van der Waals surface area contributed by atoms with Crippen LogP contribution in [0.4, 0.5) is 0 Å². The summed E-state index contributed by atoms with van der Waals surface area (Å²) < 4.78 is 16.4. The summed E-state index contributed by atoms with van der Waals surface area (Å²) in [5.41, 5.74) is 5.89. The van der Waals surface area contributed by atoms with Crippen LogP contribution >= 0.6 is 0 Å². The minimum absolute atomic E-state index is 0.0291. The highest BCUT2D eigenvalue weighted by molar-refractivity contribution is 5.75. The van der Waals surface area contributed by atoms with Crippen LogP contribution in [-0.2, 0) is 22.7 Å². The summed E-state index contributed by atoms with van der Waals surface area (Å²) in [5.74, 6) is -1.16. The molecule has 162 valence electrons. The first kappa shape index (κ1) is 21.8. The Morgan fingerprint density at radius 2 is 2.03 bits per heavy atom. The van der Waals surface area contributed by atoms with E-state index in [0.29, 0.717) is 55.5 Å². The number of amides is 1. The summed E-state index contributed by atoms with van der Waals surface area (Å²) in [6, 6.07) is 6.21. The zero-order valence-corrected chi connectivity index (χ0v) is 16.8. The number of aliphatic hydroxyl groups excluding tert-OH is 1. The molecule has 4 N–H and O–H groups in total. The summed E-state index contributed by atoms with van der Waals surface area (Å²) in [6.45, 7) is 2.67. The van der Waals surface area contributed by atoms with Crippen LogP contribution in [0.2, 0.25) is 0 Å². The molecule has 1 amide bonds. The molecule has 0 radical (unpaired) electrons. The van der Waals surface area contributed by atoms with E-state index in [2.05, 4.69) is 4.90 Å². The molecule has 1 fully saturated rings. The maximum absolute atomic E-state index is 12.4. The molecule has 0 aliphatic carbocycles. The van der Waals surface area contributed by atoms with E-state index in [1.54, 1.807) is 18.2 Å². The summed E-state index contributed by atoms with van der Waals surface area (Å²) in [6.07, 6.45) is -0.186. The number of benzene rings is 1. The lowest BCUT2D eigenvalue weighted by Crippen LogP contribution is -2.35. The van der Waals surface area contributed by atoms with Crippen molar-refractivity contribution in [2.75, 3.05) is 33.4 Å². The first-order valence-electron chi connectivity index (χ1n) is 9.65. The van der Waals surface area contributed by atoms with Gasteiger partial charge in [0.25, 0.3) is 0 Å².